The largest absolute Gasteiger partial charge is 0.480 e. The average molecular weight is 215 g/mol. The van der Waals surface area contributed by atoms with Gasteiger partial charge >= 0.3 is 5.97 Å². The second-order valence-corrected chi connectivity index (χ2v) is 4.62. The van der Waals surface area contributed by atoms with Crippen LogP contribution < -0.4 is 0 Å². The van der Waals surface area contributed by atoms with Gasteiger partial charge in [-0.25, -0.2) is 0 Å². The maximum atomic E-state index is 11.2. The fourth-order valence-electron chi connectivity index (χ4n) is 2.34. The molecule has 0 saturated carbocycles. The minimum absolute atomic E-state index is 0.0890. The van der Waals surface area contributed by atoms with E-state index in [1.807, 2.05) is 18.7 Å². The lowest BCUT2D eigenvalue weighted by atomic mass is 9.89. The second kappa shape index (κ2) is 4.94. The highest BCUT2D eigenvalue weighted by molar-refractivity contribution is 5.74. The number of hydrogen-bond donors (Lipinski definition) is 2. The summed E-state index contributed by atoms with van der Waals surface area (Å²) in [6.07, 6.45) is 1.49. The van der Waals surface area contributed by atoms with Gasteiger partial charge in [0, 0.05) is 6.04 Å². The van der Waals surface area contributed by atoms with Gasteiger partial charge in [-0.15, -0.1) is 0 Å². The van der Waals surface area contributed by atoms with Gasteiger partial charge in [-0.3, -0.25) is 9.69 Å². The molecule has 0 spiro atoms. The maximum absolute atomic E-state index is 11.2. The van der Waals surface area contributed by atoms with Gasteiger partial charge in [0.1, 0.15) is 6.04 Å². The molecule has 1 saturated heterocycles. The van der Waals surface area contributed by atoms with E-state index in [1.54, 1.807) is 6.92 Å². The van der Waals surface area contributed by atoms with Crippen molar-refractivity contribution in [2.45, 2.75) is 51.8 Å². The van der Waals surface area contributed by atoms with Crippen LogP contribution in [-0.4, -0.2) is 45.8 Å². The van der Waals surface area contributed by atoms with Crippen LogP contribution in [0.15, 0.2) is 0 Å². The van der Waals surface area contributed by atoms with Crippen LogP contribution in [-0.2, 0) is 4.79 Å². The van der Waals surface area contributed by atoms with E-state index in [-0.39, 0.29) is 12.0 Å². The first-order chi connectivity index (χ1) is 6.95. The SMILES string of the molecule is CC(O)C(C)N1CCCC(C)C1C(=O)O. The first-order valence-corrected chi connectivity index (χ1v) is 5.61. The van der Waals surface area contributed by atoms with Gasteiger partial charge in [0.25, 0.3) is 0 Å². The predicted octanol–water partition coefficient (Wildman–Crippen LogP) is 0.941. The number of aliphatic hydroxyl groups is 1. The van der Waals surface area contributed by atoms with Gasteiger partial charge < -0.3 is 10.2 Å². The van der Waals surface area contributed by atoms with E-state index in [0.29, 0.717) is 0 Å². The van der Waals surface area contributed by atoms with Crippen LogP contribution in [0.4, 0.5) is 0 Å². The molecule has 0 radical (unpaired) electrons. The molecule has 4 atom stereocenters. The molecule has 4 nitrogen and oxygen atoms in total. The zero-order valence-electron chi connectivity index (χ0n) is 9.68. The Kier molecular flexibility index (Phi) is 4.11. The summed E-state index contributed by atoms with van der Waals surface area (Å²) in [5.74, 6) is -0.604. The van der Waals surface area contributed by atoms with E-state index in [4.69, 9.17) is 0 Å². The Hall–Kier alpha value is -0.610. The van der Waals surface area contributed by atoms with Crippen molar-refractivity contribution in [3.05, 3.63) is 0 Å². The van der Waals surface area contributed by atoms with E-state index < -0.39 is 18.1 Å². The van der Waals surface area contributed by atoms with E-state index in [1.165, 1.54) is 0 Å². The number of carbonyl (C=O) groups is 1. The minimum atomic E-state index is -0.769. The summed E-state index contributed by atoms with van der Waals surface area (Å²) < 4.78 is 0. The molecular weight excluding hydrogens is 194 g/mol. The van der Waals surface area contributed by atoms with Crippen molar-refractivity contribution in [1.29, 1.82) is 0 Å². The Morgan fingerprint density at radius 2 is 2.07 bits per heavy atom. The quantitative estimate of drug-likeness (QED) is 0.735. The van der Waals surface area contributed by atoms with Crippen molar-refractivity contribution in [2.24, 2.45) is 5.92 Å². The zero-order chi connectivity index (χ0) is 11.6. The summed E-state index contributed by atoms with van der Waals surface area (Å²) in [6, 6.07) is -0.530. The molecule has 2 N–H and O–H groups in total. The van der Waals surface area contributed by atoms with E-state index in [2.05, 4.69) is 0 Å². The standard InChI is InChI=1S/C11H21NO3/c1-7-5-4-6-12(8(2)9(3)13)10(7)11(14)15/h7-10,13H,4-6H2,1-3H3,(H,14,15). The average Bonchev–Trinajstić information content (AvgIpc) is 2.15. The zero-order valence-corrected chi connectivity index (χ0v) is 9.68. The molecule has 0 aromatic carbocycles. The molecule has 1 aliphatic rings. The molecule has 0 aromatic heterocycles. The van der Waals surface area contributed by atoms with Gasteiger partial charge in [0.15, 0.2) is 0 Å². The summed E-state index contributed by atoms with van der Waals surface area (Å²) >= 11 is 0. The van der Waals surface area contributed by atoms with Crippen molar-refractivity contribution in [2.75, 3.05) is 6.54 Å². The molecule has 0 aliphatic carbocycles. The predicted molar refractivity (Wildman–Crippen MR) is 57.7 cm³/mol. The third-order valence-electron chi connectivity index (χ3n) is 3.45. The van der Waals surface area contributed by atoms with Crippen LogP contribution in [0.5, 0.6) is 0 Å². The topological polar surface area (TPSA) is 60.8 Å². The van der Waals surface area contributed by atoms with E-state index >= 15 is 0 Å². The molecule has 0 bridgehead atoms. The van der Waals surface area contributed by atoms with E-state index in [9.17, 15) is 15.0 Å². The van der Waals surface area contributed by atoms with Gasteiger partial charge in [-0.2, -0.15) is 0 Å². The van der Waals surface area contributed by atoms with Gasteiger partial charge in [0.2, 0.25) is 0 Å². The normalized spacial score (nSPS) is 32.3. The first kappa shape index (κ1) is 12.5. The van der Waals surface area contributed by atoms with Crippen molar-refractivity contribution < 1.29 is 15.0 Å². The van der Waals surface area contributed by atoms with Crippen LogP contribution >= 0.6 is 0 Å². The van der Waals surface area contributed by atoms with Crippen molar-refractivity contribution in [3.63, 3.8) is 0 Å². The molecule has 4 unspecified atom stereocenters. The van der Waals surface area contributed by atoms with Gasteiger partial charge in [-0.1, -0.05) is 6.92 Å². The summed E-state index contributed by atoms with van der Waals surface area (Å²) in [5, 5.41) is 18.7. The Labute approximate surface area is 90.9 Å². The number of likely N-dealkylation sites (tertiary alicyclic amines) is 1. The highest BCUT2D eigenvalue weighted by Gasteiger charge is 2.37. The highest BCUT2D eigenvalue weighted by atomic mass is 16.4. The first-order valence-electron chi connectivity index (χ1n) is 5.61. The lowest BCUT2D eigenvalue weighted by molar-refractivity contribution is -0.149. The van der Waals surface area contributed by atoms with Crippen molar-refractivity contribution >= 4 is 5.97 Å². The number of rotatable bonds is 3. The van der Waals surface area contributed by atoms with Crippen LogP contribution in [0.3, 0.4) is 0 Å². The van der Waals surface area contributed by atoms with Crippen molar-refractivity contribution in [1.82, 2.24) is 4.90 Å². The summed E-state index contributed by atoms with van der Waals surface area (Å²) in [5.41, 5.74) is 0. The van der Waals surface area contributed by atoms with Crippen LogP contribution in [0.1, 0.15) is 33.6 Å². The molecule has 1 fully saturated rings. The molecule has 15 heavy (non-hydrogen) atoms. The second-order valence-electron chi connectivity index (χ2n) is 4.62. The molecule has 0 amide bonds. The third kappa shape index (κ3) is 2.69. The Morgan fingerprint density at radius 1 is 1.47 bits per heavy atom. The Morgan fingerprint density at radius 3 is 2.53 bits per heavy atom. The van der Waals surface area contributed by atoms with Crippen LogP contribution in [0.25, 0.3) is 0 Å². The maximum Gasteiger partial charge on any atom is 0.321 e. The number of hydrogen-bond acceptors (Lipinski definition) is 3. The molecular formula is C11H21NO3. The van der Waals surface area contributed by atoms with Gasteiger partial charge in [0.05, 0.1) is 6.10 Å². The smallest absolute Gasteiger partial charge is 0.321 e. The number of aliphatic hydroxyl groups excluding tert-OH is 1. The number of carboxylic acids is 1. The van der Waals surface area contributed by atoms with E-state index in [0.717, 1.165) is 19.4 Å². The molecule has 1 heterocycles. The minimum Gasteiger partial charge on any atom is -0.480 e. The molecule has 0 aromatic rings. The summed E-state index contributed by atoms with van der Waals surface area (Å²) in [7, 11) is 0. The van der Waals surface area contributed by atoms with Crippen molar-refractivity contribution in [3.8, 4) is 0 Å². The Bertz CT molecular complexity index is 230. The third-order valence-corrected chi connectivity index (χ3v) is 3.45. The van der Waals surface area contributed by atoms with Crippen LogP contribution in [0, 0.1) is 5.92 Å². The summed E-state index contributed by atoms with van der Waals surface area (Å²) in [6.45, 7) is 6.34. The molecule has 88 valence electrons. The monoisotopic (exact) mass is 215 g/mol. The van der Waals surface area contributed by atoms with Crippen LogP contribution in [0.2, 0.25) is 0 Å². The van der Waals surface area contributed by atoms with Gasteiger partial charge in [-0.05, 0) is 39.2 Å². The Balaban J connectivity index is 2.79. The molecule has 4 heteroatoms. The fourth-order valence-corrected chi connectivity index (χ4v) is 2.34. The fraction of sp³-hybridized carbons (Fsp3) is 0.909. The number of piperidine rings is 1. The number of carboxylic acid groups (broad SMARTS) is 1. The molecule has 1 rings (SSSR count). The highest BCUT2D eigenvalue weighted by Crippen LogP contribution is 2.26. The number of nitrogens with zero attached hydrogens (tertiary/aromatic N) is 1. The molecule has 1 aliphatic heterocycles. The lowest BCUT2D eigenvalue weighted by Crippen LogP contribution is -2.55. The summed E-state index contributed by atoms with van der Waals surface area (Å²) in [4.78, 5) is 13.1. The lowest BCUT2D eigenvalue weighted by Gasteiger charge is -2.41. The number of aliphatic carboxylic acids is 1.